The van der Waals surface area contributed by atoms with E-state index < -0.39 is 6.10 Å². The van der Waals surface area contributed by atoms with Crippen molar-refractivity contribution in [1.29, 1.82) is 0 Å². The molecule has 84 valence electrons. The van der Waals surface area contributed by atoms with Gasteiger partial charge in [0.1, 0.15) is 0 Å². The number of rotatable bonds is 5. The number of aliphatic hydroxyl groups is 1. The summed E-state index contributed by atoms with van der Waals surface area (Å²) < 4.78 is 5.24. The summed E-state index contributed by atoms with van der Waals surface area (Å²) in [4.78, 5) is 0. The van der Waals surface area contributed by atoms with Gasteiger partial charge in [-0.1, -0.05) is 35.3 Å². The highest BCUT2D eigenvalue weighted by Gasteiger charge is 2.05. The van der Waals surface area contributed by atoms with E-state index >= 15 is 0 Å². The molecule has 0 fully saturated rings. The van der Waals surface area contributed by atoms with E-state index in [1.807, 2.05) is 6.07 Å². The number of hydrogen-bond donors (Lipinski definition) is 2. The van der Waals surface area contributed by atoms with Gasteiger partial charge in [-0.15, -0.1) is 0 Å². The molecule has 0 radical (unpaired) electrons. The fourth-order valence-electron chi connectivity index (χ4n) is 1.03. The van der Waals surface area contributed by atoms with Crippen molar-refractivity contribution in [3.8, 4) is 0 Å². The van der Waals surface area contributed by atoms with Crippen LogP contribution in [0.4, 0.5) is 0 Å². The first-order valence-corrected chi connectivity index (χ1v) is 5.29. The molecule has 3 N–H and O–H groups in total. The van der Waals surface area contributed by atoms with Gasteiger partial charge >= 0.3 is 0 Å². The molecule has 0 unspecified atom stereocenters. The van der Waals surface area contributed by atoms with E-state index in [0.717, 1.165) is 5.56 Å². The van der Waals surface area contributed by atoms with E-state index in [0.29, 0.717) is 16.7 Å². The van der Waals surface area contributed by atoms with E-state index in [4.69, 9.17) is 38.8 Å². The van der Waals surface area contributed by atoms with Crippen LogP contribution in [0.5, 0.6) is 0 Å². The minimum atomic E-state index is -0.636. The van der Waals surface area contributed by atoms with E-state index in [9.17, 15) is 0 Å². The summed E-state index contributed by atoms with van der Waals surface area (Å²) in [5, 5.41) is 10.1. The largest absolute Gasteiger partial charge is 0.389 e. The molecule has 5 heteroatoms. The van der Waals surface area contributed by atoms with Crippen LogP contribution in [0.2, 0.25) is 10.0 Å². The second-order valence-electron chi connectivity index (χ2n) is 3.12. The van der Waals surface area contributed by atoms with Gasteiger partial charge < -0.3 is 15.6 Å². The first-order valence-electron chi connectivity index (χ1n) is 4.54. The Bertz CT molecular complexity index is 320. The van der Waals surface area contributed by atoms with Crippen LogP contribution in [0.1, 0.15) is 5.56 Å². The highest BCUT2D eigenvalue weighted by atomic mass is 35.5. The van der Waals surface area contributed by atoms with E-state index in [1.54, 1.807) is 12.1 Å². The van der Waals surface area contributed by atoms with Crippen LogP contribution in [0, 0.1) is 0 Å². The Hall–Kier alpha value is -0.320. The zero-order valence-electron chi connectivity index (χ0n) is 8.12. The van der Waals surface area contributed by atoms with E-state index in [1.165, 1.54) is 0 Å². The molecular formula is C10H13Cl2NO2. The van der Waals surface area contributed by atoms with E-state index in [-0.39, 0.29) is 13.2 Å². The quantitative estimate of drug-likeness (QED) is 0.838. The van der Waals surface area contributed by atoms with Crippen LogP contribution < -0.4 is 5.73 Å². The number of aliphatic hydroxyl groups excluding tert-OH is 1. The lowest BCUT2D eigenvalue weighted by atomic mass is 10.2. The highest BCUT2D eigenvalue weighted by molar-refractivity contribution is 6.42. The molecule has 1 aromatic carbocycles. The van der Waals surface area contributed by atoms with Gasteiger partial charge in [-0.2, -0.15) is 0 Å². The standard InChI is InChI=1S/C10H13Cl2NO2/c11-9-3-1-2-7(10(9)12)5-15-6-8(14)4-13/h1-3,8,14H,4-6,13H2/t8-/m0/s1. The molecule has 0 saturated carbocycles. The Morgan fingerprint density at radius 1 is 1.40 bits per heavy atom. The summed E-state index contributed by atoms with van der Waals surface area (Å²) in [5.41, 5.74) is 6.03. The SMILES string of the molecule is NC[C@H](O)COCc1cccc(Cl)c1Cl. The Kier molecular flexibility index (Phi) is 5.36. The molecule has 0 aliphatic carbocycles. The number of nitrogens with two attached hydrogens (primary N) is 1. The van der Waals surface area contributed by atoms with Gasteiger partial charge in [-0.3, -0.25) is 0 Å². The Labute approximate surface area is 98.7 Å². The fraction of sp³-hybridized carbons (Fsp3) is 0.400. The van der Waals surface area contributed by atoms with Crippen molar-refractivity contribution in [2.24, 2.45) is 5.73 Å². The highest BCUT2D eigenvalue weighted by Crippen LogP contribution is 2.25. The van der Waals surface area contributed by atoms with Crippen molar-refractivity contribution < 1.29 is 9.84 Å². The van der Waals surface area contributed by atoms with Gasteiger partial charge in [-0.25, -0.2) is 0 Å². The molecular weight excluding hydrogens is 237 g/mol. The van der Waals surface area contributed by atoms with E-state index in [2.05, 4.69) is 0 Å². The first-order chi connectivity index (χ1) is 7.15. The number of ether oxygens (including phenoxy) is 1. The smallest absolute Gasteiger partial charge is 0.0895 e. The molecule has 0 aromatic heterocycles. The minimum absolute atomic E-state index is 0.184. The molecule has 1 rings (SSSR count). The molecule has 0 spiro atoms. The van der Waals surface area contributed by atoms with Crippen molar-refractivity contribution in [1.82, 2.24) is 0 Å². The van der Waals surface area contributed by atoms with Gasteiger partial charge in [0.15, 0.2) is 0 Å². The van der Waals surface area contributed by atoms with Crippen molar-refractivity contribution in [3.05, 3.63) is 33.8 Å². The molecule has 0 heterocycles. The number of halogens is 2. The number of benzene rings is 1. The summed E-state index contributed by atoms with van der Waals surface area (Å²) in [7, 11) is 0. The molecule has 0 aliphatic heterocycles. The van der Waals surface area contributed by atoms with Crippen LogP contribution in [0.25, 0.3) is 0 Å². The maximum absolute atomic E-state index is 9.15. The van der Waals surface area contributed by atoms with Gasteiger partial charge in [0.25, 0.3) is 0 Å². The van der Waals surface area contributed by atoms with Crippen molar-refractivity contribution >= 4 is 23.2 Å². The van der Waals surface area contributed by atoms with Crippen LogP contribution >= 0.6 is 23.2 Å². The Balaban J connectivity index is 2.47. The normalized spacial score (nSPS) is 12.8. The number of hydrogen-bond acceptors (Lipinski definition) is 3. The van der Waals surface area contributed by atoms with Gasteiger partial charge in [0.05, 0.1) is 29.4 Å². The lowest BCUT2D eigenvalue weighted by Gasteiger charge is -2.10. The molecule has 15 heavy (non-hydrogen) atoms. The molecule has 0 saturated heterocycles. The van der Waals surface area contributed by atoms with Crippen LogP contribution in [-0.4, -0.2) is 24.4 Å². The lowest BCUT2D eigenvalue weighted by Crippen LogP contribution is -2.25. The molecule has 0 bridgehead atoms. The van der Waals surface area contributed by atoms with Crippen LogP contribution in [0.15, 0.2) is 18.2 Å². The molecule has 0 aliphatic rings. The average molecular weight is 250 g/mol. The predicted molar refractivity (Wildman–Crippen MR) is 61.2 cm³/mol. The second-order valence-corrected chi connectivity index (χ2v) is 3.90. The zero-order valence-corrected chi connectivity index (χ0v) is 9.63. The Morgan fingerprint density at radius 3 is 2.80 bits per heavy atom. The zero-order chi connectivity index (χ0) is 11.3. The second kappa shape index (κ2) is 6.30. The van der Waals surface area contributed by atoms with Gasteiger partial charge in [0, 0.05) is 6.54 Å². The third kappa shape index (κ3) is 3.97. The van der Waals surface area contributed by atoms with Crippen molar-refractivity contribution in [2.45, 2.75) is 12.7 Å². The molecule has 1 atom stereocenters. The van der Waals surface area contributed by atoms with Crippen LogP contribution in [-0.2, 0) is 11.3 Å². The summed E-state index contributed by atoms with van der Waals surface area (Å²) in [6, 6.07) is 5.33. The lowest BCUT2D eigenvalue weighted by molar-refractivity contribution is 0.0329. The van der Waals surface area contributed by atoms with Gasteiger partial charge in [-0.05, 0) is 11.6 Å². The average Bonchev–Trinajstić information content (AvgIpc) is 2.24. The summed E-state index contributed by atoms with van der Waals surface area (Å²) in [6.45, 7) is 0.694. The molecule has 0 amide bonds. The van der Waals surface area contributed by atoms with Crippen molar-refractivity contribution in [2.75, 3.05) is 13.2 Å². The van der Waals surface area contributed by atoms with Gasteiger partial charge in [0.2, 0.25) is 0 Å². The summed E-state index contributed by atoms with van der Waals surface area (Å²) in [6.07, 6.45) is -0.636. The molecule has 1 aromatic rings. The first kappa shape index (κ1) is 12.7. The maximum Gasteiger partial charge on any atom is 0.0895 e. The maximum atomic E-state index is 9.15. The topological polar surface area (TPSA) is 55.5 Å². The third-order valence-corrected chi connectivity index (χ3v) is 2.73. The fourth-order valence-corrected chi connectivity index (χ4v) is 1.41. The summed E-state index contributed by atoms with van der Waals surface area (Å²) >= 11 is 11.8. The minimum Gasteiger partial charge on any atom is -0.389 e. The van der Waals surface area contributed by atoms with Crippen LogP contribution in [0.3, 0.4) is 0 Å². The van der Waals surface area contributed by atoms with Crippen molar-refractivity contribution in [3.63, 3.8) is 0 Å². The Morgan fingerprint density at radius 2 is 2.13 bits per heavy atom. The monoisotopic (exact) mass is 249 g/mol. The molecule has 3 nitrogen and oxygen atoms in total. The summed E-state index contributed by atoms with van der Waals surface area (Å²) in [5.74, 6) is 0. The predicted octanol–water partition coefficient (Wildman–Crippen LogP) is 1.83. The third-order valence-electron chi connectivity index (χ3n) is 1.87.